The molecular weight excluding hydrogens is 330 g/mol. The molecule has 124 valence electrons. The Labute approximate surface area is 146 Å². The van der Waals surface area contributed by atoms with E-state index in [9.17, 15) is 9.59 Å². The standard InChI is InChI=1S/C16H21N3O2S2/c1-11-5-6-13(9-12(11)2)17-15(21)18-14(20)10-23-16(22)19-7-3-4-8-19/h5-6,9H,3-4,7-8,10H2,1-2H3,(H2,17,18,20,21). The van der Waals surface area contributed by atoms with Gasteiger partial charge in [-0.15, -0.1) is 0 Å². The summed E-state index contributed by atoms with van der Waals surface area (Å²) in [6.07, 6.45) is 2.29. The maximum Gasteiger partial charge on any atom is 0.325 e. The molecule has 1 saturated heterocycles. The average Bonchev–Trinajstić information content (AvgIpc) is 3.03. The summed E-state index contributed by atoms with van der Waals surface area (Å²) in [4.78, 5) is 25.7. The summed E-state index contributed by atoms with van der Waals surface area (Å²) in [5.41, 5.74) is 2.90. The molecule has 1 fully saturated rings. The molecule has 0 atom stereocenters. The van der Waals surface area contributed by atoms with E-state index >= 15 is 0 Å². The first kappa shape index (κ1) is 17.7. The van der Waals surface area contributed by atoms with Crippen molar-refractivity contribution in [2.45, 2.75) is 26.7 Å². The lowest BCUT2D eigenvalue weighted by atomic mass is 10.1. The highest BCUT2D eigenvalue weighted by Gasteiger charge is 2.17. The van der Waals surface area contributed by atoms with E-state index in [1.807, 2.05) is 32.0 Å². The Morgan fingerprint density at radius 2 is 1.91 bits per heavy atom. The molecule has 0 spiro atoms. The van der Waals surface area contributed by atoms with Crippen molar-refractivity contribution in [3.63, 3.8) is 0 Å². The van der Waals surface area contributed by atoms with E-state index in [0.717, 1.165) is 41.4 Å². The molecule has 3 amide bonds. The van der Waals surface area contributed by atoms with Gasteiger partial charge in [-0.1, -0.05) is 30.0 Å². The van der Waals surface area contributed by atoms with Crippen LogP contribution in [0.25, 0.3) is 0 Å². The van der Waals surface area contributed by atoms with Crippen LogP contribution in [0.5, 0.6) is 0 Å². The summed E-state index contributed by atoms with van der Waals surface area (Å²) in [6.45, 7) is 5.89. The molecule has 0 unspecified atom stereocenters. The summed E-state index contributed by atoms with van der Waals surface area (Å²) in [6, 6.07) is 5.09. The zero-order chi connectivity index (χ0) is 16.8. The van der Waals surface area contributed by atoms with E-state index in [2.05, 4.69) is 15.5 Å². The number of hydrogen-bond acceptors (Lipinski definition) is 4. The van der Waals surface area contributed by atoms with Crippen molar-refractivity contribution in [2.24, 2.45) is 0 Å². The smallest absolute Gasteiger partial charge is 0.325 e. The first-order chi connectivity index (χ1) is 11.0. The summed E-state index contributed by atoms with van der Waals surface area (Å²) in [7, 11) is 0. The maximum absolute atomic E-state index is 11.8. The van der Waals surface area contributed by atoms with Crippen molar-refractivity contribution in [1.82, 2.24) is 10.2 Å². The lowest BCUT2D eigenvalue weighted by Crippen LogP contribution is -2.36. The third kappa shape index (κ3) is 5.51. The molecular formula is C16H21N3O2S2. The minimum Gasteiger partial charge on any atom is -0.358 e. The van der Waals surface area contributed by atoms with Crippen LogP contribution in [0.3, 0.4) is 0 Å². The van der Waals surface area contributed by atoms with Gasteiger partial charge >= 0.3 is 6.03 Å². The number of benzene rings is 1. The number of nitrogens with zero attached hydrogens (tertiary/aromatic N) is 1. The third-order valence-corrected chi connectivity index (χ3v) is 5.23. The van der Waals surface area contributed by atoms with Crippen molar-refractivity contribution < 1.29 is 9.59 Å². The first-order valence-electron chi connectivity index (χ1n) is 7.55. The van der Waals surface area contributed by atoms with E-state index in [0.29, 0.717) is 5.69 Å². The molecule has 0 radical (unpaired) electrons. The van der Waals surface area contributed by atoms with Gasteiger partial charge in [-0.2, -0.15) is 0 Å². The largest absolute Gasteiger partial charge is 0.358 e. The Balaban J connectivity index is 1.74. The predicted octanol–water partition coefficient (Wildman–Crippen LogP) is 3.07. The second-order valence-electron chi connectivity index (χ2n) is 5.55. The molecule has 0 saturated carbocycles. The number of likely N-dealkylation sites (tertiary alicyclic amines) is 1. The average molecular weight is 351 g/mol. The first-order valence-corrected chi connectivity index (χ1v) is 8.95. The number of nitrogens with one attached hydrogen (secondary N) is 2. The highest BCUT2D eigenvalue weighted by molar-refractivity contribution is 8.23. The van der Waals surface area contributed by atoms with Gasteiger partial charge in [-0.3, -0.25) is 10.1 Å². The van der Waals surface area contributed by atoms with Crippen molar-refractivity contribution in [3.8, 4) is 0 Å². The van der Waals surface area contributed by atoms with Gasteiger partial charge in [0.15, 0.2) is 0 Å². The molecule has 1 aliphatic heterocycles. The van der Waals surface area contributed by atoms with Crippen LogP contribution in [-0.2, 0) is 4.79 Å². The number of urea groups is 1. The van der Waals surface area contributed by atoms with Crippen molar-refractivity contribution in [3.05, 3.63) is 29.3 Å². The molecule has 0 aliphatic carbocycles. The number of amides is 3. The molecule has 0 bridgehead atoms. The number of anilines is 1. The lowest BCUT2D eigenvalue weighted by molar-refractivity contribution is -0.117. The van der Waals surface area contributed by atoms with E-state index < -0.39 is 6.03 Å². The number of aryl methyl sites for hydroxylation is 2. The van der Waals surface area contributed by atoms with E-state index in [-0.39, 0.29) is 11.7 Å². The summed E-state index contributed by atoms with van der Waals surface area (Å²) >= 11 is 6.59. The molecule has 1 aromatic carbocycles. The molecule has 2 rings (SSSR count). The van der Waals surface area contributed by atoms with Gasteiger partial charge in [0, 0.05) is 18.8 Å². The van der Waals surface area contributed by atoms with Crippen LogP contribution in [0.15, 0.2) is 18.2 Å². The Hall–Kier alpha value is -1.60. The van der Waals surface area contributed by atoms with Gasteiger partial charge < -0.3 is 10.2 Å². The van der Waals surface area contributed by atoms with E-state index in [1.54, 1.807) is 0 Å². The Kier molecular flexibility index (Phi) is 6.41. The van der Waals surface area contributed by atoms with E-state index in [4.69, 9.17) is 12.2 Å². The zero-order valence-electron chi connectivity index (χ0n) is 13.3. The fraction of sp³-hybridized carbons (Fsp3) is 0.438. The van der Waals surface area contributed by atoms with Crippen LogP contribution in [-0.4, -0.2) is 40.0 Å². The molecule has 2 N–H and O–H groups in total. The van der Waals surface area contributed by atoms with Crippen molar-refractivity contribution in [1.29, 1.82) is 0 Å². The van der Waals surface area contributed by atoms with Gasteiger partial charge in [-0.25, -0.2) is 4.79 Å². The number of imide groups is 1. The van der Waals surface area contributed by atoms with Crippen molar-refractivity contribution in [2.75, 3.05) is 24.2 Å². The van der Waals surface area contributed by atoms with Gasteiger partial charge in [-0.05, 0) is 49.9 Å². The highest BCUT2D eigenvalue weighted by Crippen LogP contribution is 2.16. The second-order valence-corrected chi connectivity index (χ2v) is 7.16. The van der Waals surface area contributed by atoms with Gasteiger partial charge in [0.1, 0.15) is 4.32 Å². The topological polar surface area (TPSA) is 61.4 Å². The Morgan fingerprint density at radius 3 is 2.57 bits per heavy atom. The zero-order valence-corrected chi connectivity index (χ0v) is 15.0. The van der Waals surface area contributed by atoms with Gasteiger partial charge in [0.2, 0.25) is 5.91 Å². The summed E-state index contributed by atoms with van der Waals surface area (Å²) < 4.78 is 0.729. The maximum atomic E-state index is 11.8. The Bertz CT molecular complexity index is 613. The van der Waals surface area contributed by atoms with Crippen LogP contribution < -0.4 is 10.6 Å². The molecule has 0 aromatic heterocycles. The van der Waals surface area contributed by atoms with Crippen molar-refractivity contribution >= 4 is 45.9 Å². The number of carbonyl (C=O) groups is 2. The molecule has 1 aliphatic rings. The lowest BCUT2D eigenvalue weighted by Gasteiger charge is -2.17. The highest BCUT2D eigenvalue weighted by atomic mass is 32.2. The number of thioether (sulfide) groups is 1. The fourth-order valence-electron chi connectivity index (χ4n) is 2.26. The molecule has 5 nitrogen and oxygen atoms in total. The number of thiocarbonyl (C=S) groups is 1. The molecule has 23 heavy (non-hydrogen) atoms. The van der Waals surface area contributed by atoms with Crippen LogP contribution >= 0.6 is 24.0 Å². The van der Waals surface area contributed by atoms with Crippen LogP contribution in [0, 0.1) is 13.8 Å². The minimum absolute atomic E-state index is 0.148. The van der Waals surface area contributed by atoms with Crippen LogP contribution in [0.4, 0.5) is 10.5 Å². The number of rotatable bonds is 3. The van der Waals surface area contributed by atoms with E-state index in [1.165, 1.54) is 11.8 Å². The van der Waals surface area contributed by atoms with Gasteiger partial charge in [0.05, 0.1) is 5.75 Å². The SMILES string of the molecule is Cc1ccc(NC(=O)NC(=O)CSC(=S)N2CCCC2)cc1C. The second kappa shape index (κ2) is 8.31. The van der Waals surface area contributed by atoms with Crippen LogP contribution in [0.1, 0.15) is 24.0 Å². The minimum atomic E-state index is -0.522. The summed E-state index contributed by atoms with van der Waals surface area (Å²) in [5.74, 6) is -0.201. The number of hydrogen-bond donors (Lipinski definition) is 2. The van der Waals surface area contributed by atoms with Crippen LogP contribution in [0.2, 0.25) is 0 Å². The molecule has 1 aromatic rings. The Morgan fingerprint density at radius 1 is 1.22 bits per heavy atom. The molecule has 7 heteroatoms. The molecule has 1 heterocycles. The third-order valence-electron chi connectivity index (χ3n) is 3.71. The summed E-state index contributed by atoms with van der Waals surface area (Å²) in [5, 5.41) is 4.98. The monoisotopic (exact) mass is 351 g/mol. The predicted molar refractivity (Wildman–Crippen MR) is 98.9 cm³/mol. The number of carbonyl (C=O) groups excluding carboxylic acids is 2. The quantitative estimate of drug-likeness (QED) is 0.820. The van der Waals surface area contributed by atoms with Gasteiger partial charge in [0.25, 0.3) is 0 Å². The fourth-order valence-corrected chi connectivity index (χ4v) is 3.31. The normalized spacial score (nSPS) is 13.7.